The van der Waals surface area contributed by atoms with Crippen molar-refractivity contribution >= 4 is 25.9 Å². The van der Waals surface area contributed by atoms with Gasteiger partial charge in [-0.2, -0.15) is 0 Å². The monoisotopic (exact) mass is 390 g/mol. The number of esters is 1. The molecule has 0 saturated carbocycles. The lowest BCUT2D eigenvalue weighted by Crippen LogP contribution is -2.43. The van der Waals surface area contributed by atoms with E-state index in [1.54, 1.807) is 6.07 Å². The lowest BCUT2D eigenvalue weighted by molar-refractivity contribution is 0.0601. The summed E-state index contributed by atoms with van der Waals surface area (Å²) in [6.07, 6.45) is 0. The third-order valence-electron chi connectivity index (χ3n) is 5.07. The minimum Gasteiger partial charge on any atom is -0.543 e. The van der Waals surface area contributed by atoms with Crippen molar-refractivity contribution in [2.45, 2.75) is 45.8 Å². The molecule has 140 valence electrons. The third kappa shape index (κ3) is 4.13. The molecule has 0 spiro atoms. The van der Waals surface area contributed by atoms with Crippen LogP contribution in [0.1, 0.15) is 36.7 Å². The molecule has 0 aliphatic rings. The average molecular weight is 391 g/mol. The van der Waals surface area contributed by atoms with Crippen LogP contribution in [-0.4, -0.2) is 21.4 Å². The summed E-state index contributed by atoms with van der Waals surface area (Å²) in [6, 6.07) is 11.4. The Bertz CT molecular complexity index is 822. The third-order valence-corrected chi connectivity index (χ3v) is 9.84. The standard InChI is InChI=1S/C21H27ClO3Si/c1-14-13-15(25-26(6,7)21(2,3)4)11-12-16(14)17-9-8-10-18(19(17)22)20(23)24-5/h8-13H,1-7H3. The zero-order valence-corrected chi connectivity index (χ0v) is 18.3. The van der Waals surface area contributed by atoms with Crippen LogP contribution >= 0.6 is 11.6 Å². The molecule has 0 radical (unpaired) electrons. The number of halogens is 1. The molecule has 3 nitrogen and oxygen atoms in total. The van der Waals surface area contributed by atoms with Crippen molar-refractivity contribution in [2.24, 2.45) is 0 Å². The Kier molecular flexibility index (Phi) is 5.88. The number of carbonyl (C=O) groups is 1. The Hall–Kier alpha value is -1.78. The second-order valence-electron chi connectivity index (χ2n) is 8.00. The zero-order valence-electron chi connectivity index (χ0n) is 16.6. The van der Waals surface area contributed by atoms with Gasteiger partial charge in [0.05, 0.1) is 17.7 Å². The Morgan fingerprint density at radius 1 is 1.08 bits per heavy atom. The van der Waals surface area contributed by atoms with Crippen LogP contribution in [0, 0.1) is 6.92 Å². The van der Waals surface area contributed by atoms with Gasteiger partial charge in [0, 0.05) is 5.56 Å². The van der Waals surface area contributed by atoms with E-state index in [0.717, 1.165) is 22.4 Å². The summed E-state index contributed by atoms with van der Waals surface area (Å²) in [5.41, 5.74) is 3.20. The van der Waals surface area contributed by atoms with Gasteiger partial charge in [-0.05, 0) is 54.4 Å². The maximum absolute atomic E-state index is 11.9. The molecule has 0 amide bonds. The Balaban J connectivity index is 2.42. The number of benzene rings is 2. The molecular weight excluding hydrogens is 364 g/mol. The van der Waals surface area contributed by atoms with E-state index in [2.05, 4.69) is 33.9 Å². The van der Waals surface area contributed by atoms with Crippen LogP contribution in [0.25, 0.3) is 11.1 Å². The molecule has 2 aromatic rings. The Morgan fingerprint density at radius 2 is 1.73 bits per heavy atom. The fourth-order valence-electron chi connectivity index (χ4n) is 2.46. The molecule has 0 aliphatic heterocycles. The summed E-state index contributed by atoms with van der Waals surface area (Å²) in [5.74, 6) is 0.436. The number of rotatable bonds is 4. The number of carbonyl (C=O) groups excluding carboxylic acids is 1. The molecule has 5 heteroatoms. The van der Waals surface area contributed by atoms with E-state index in [1.807, 2.05) is 37.3 Å². The second kappa shape index (κ2) is 7.45. The summed E-state index contributed by atoms with van der Waals surface area (Å²) in [7, 11) is -0.542. The maximum atomic E-state index is 11.9. The first-order valence-electron chi connectivity index (χ1n) is 8.65. The van der Waals surface area contributed by atoms with Gasteiger partial charge in [-0.15, -0.1) is 0 Å². The van der Waals surface area contributed by atoms with Gasteiger partial charge in [0.2, 0.25) is 8.32 Å². The van der Waals surface area contributed by atoms with E-state index in [1.165, 1.54) is 7.11 Å². The SMILES string of the molecule is COC(=O)c1cccc(-c2ccc(O[Si](C)(C)C(C)(C)C)cc2C)c1Cl. The number of hydrogen-bond donors (Lipinski definition) is 0. The van der Waals surface area contributed by atoms with Crippen LogP contribution in [-0.2, 0) is 4.74 Å². The molecular formula is C21H27ClO3Si. The minimum absolute atomic E-state index is 0.137. The van der Waals surface area contributed by atoms with Crippen molar-refractivity contribution in [3.05, 3.63) is 52.5 Å². The molecule has 0 atom stereocenters. The molecule has 2 rings (SSSR count). The number of methoxy groups -OCH3 is 1. The molecule has 0 aromatic heterocycles. The van der Waals surface area contributed by atoms with E-state index in [9.17, 15) is 4.79 Å². The Morgan fingerprint density at radius 3 is 2.27 bits per heavy atom. The maximum Gasteiger partial charge on any atom is 0.339 e. The molecule has 0 bridgehead atoms. The molecule has 0 unspecified atom stereocenters. The molecule has 0 aliphatic carbocycles. The highest BCUT2D eigenvalue weighted by atomic mass is 35.5. The highest BCUT2D eigenvalue weighted by molar-refractivity contribution is 6.74. The fraction of sp³-hybridized carbons (Fsp3) is 0.381. The van der Waals surface area contributed by atoms with E-state index in [0.29, 0.717) is 10.6 Å². The van der Waals surface area contributed by atoms with Crippen molar-refractivity contribution < 1.29 is 14.0 Å². The van der Waals surface area contributed by atoms with Crippen LogP contribution in [0.2, 0.25) is 23.2 Å². The number of ether oxygens (including phenoxy) is 1. The van der Waals surface area contributed by atoms with Crippen molar-refractivity contribution in [2.75, 3.05) is 7.11 Å². The summed E-state index contributed by atoms with van der Waals surface area (Å²) in [5, 5.41) is 0.540. The van der Waals surface area contributed by atoms with E-state index >= 15 is 0 Å². The normalized spacial score (nSPS) is 12.0. The van der Waals surface area contributed by atoms with Gasteiger partial charge in [0.25, 0.3) is 0 Å². The molecule has 0 N–H and O–H groups in total. The van der Waals surface area contributed by atoms with Crippen molar-refractivity contribution in [1.29, 1.82) is 0 Å². The first-order valence-corrected chi connectivity index (χ1v) is 11.9. The van der Waals surface area contributed by atoms with Crippen LogP contribution in [0.4, 0.5) is 0 Å². The van der Waals surface area contributed by atoms with Crippen LogP contribution in [0.3, 0.4) is 0 Å². The smallest absolute Gasteiger partial charge is 0.339 e. The van der Waals surface area contributed by atoms with Crippen LogP contribution < -0.4 is 4.43 Å². The van der Waals surface area contributed by atoms with Crippen LogP contribution in [0.15, 0.2) is 36.4 Å². The van der Waals surface area contributed by atoms with Gasteiger partial charge in [0.1, 0.15) is 5.75 Å². The quantitative estimate of drug-likeness (QED) is 0.442. The predicted molar refractivity (Wildman–Crippen MR) is 111 cm³/mol. The largest absolute Gasteiger partial charge is 0.543 e. The first kappa shape index (κ1) is 20.5. The summed E-state index contributed by atoms with van der Waals surface area (Å²) in [4.78, 5) is 11.9. The molecule has 0 fully saturated rings. The van der Waals surface area contributed by atoms with Gasteiger partial charge < -0.3 is 9.16 Å². The summed E-state index contributed by atoms with van der Waals surface area (Å²) >= 11 is 6.47. The molecule has 2 aromatic carbocycles. The zero-order chi connectivity index (χ0) is 19.7. The molecule has 0 saturated heterocycles. The highest BCUT2D eigenvalue weighted by Crippen LogP contribution is 2.39. The van der Waals surface area contributed by atoms with E-state index in [4.69, 9.17) is 20.8 Å². The summed E-state index contributed by atoms with van der Waals surface area (Å²) in [6.45, 7) is 13.1. The highest BCUT2D eigenvalue weighted by Gasteiger charge is 2.39. The summed E-state index contributed by atoms with van der Waals surface area (Å²) < 4.78 is 11.2. The van der Waals surface area contributed by atoms with E-state index in [-0.39, 0.29) is 5.04 Å². The Labute approximate surface area is 162 Å². The lowest BCUT2D eigenvalue weighted by Gasteiger charge is -2.36. The van der Waals surface area contributed by atoms with Gasteiger partial charge in [-0.3, -0.25) is 0 Å². The van der Waals surface area contributed by atoms with Crippen molar-refractivity contribution in [1.82, 2.24) is 0 Å². The number of aryl methyl sites for hydroxylation is 1. The average Bonchev–Trinajstić information content (AvgIpc) is 2.53. The topological polar surface area (TPSA) is 35.5 Å². The van der Waals surface area contributed by atoms with E-state index < -0.39 is 14.3 Å². The van der Waals surface area contributed by atoms with Crippen molar-refractivity contribution in [3.8, 4) is 16.9 Å². The molecule has 26 heavy (non-hydrogen) atoms. The van der Waals surface area contributed by atoms with Gasteiger partial charge >= 0.3 is 5.97 Å². The number of hydrogen-bond acceptors (Lipinski definition) is 3. The fourth-order valence-corrected chi connectivity index (χ4v) is 3.78. The predicted octanol–water partition coefficient (Wildman–Crippen LogP) is 6.49. The van der Waals surface area contributed by atoms with Crippen LogP contribution in [0.5, 0.6) is 5.75 Å². The second-order valence-corrected chi connectivity index (χ2v) is 13.1. The van der Waals surface area contributed by atoms with Gasteiger partial charge in [-0.25, -0.2) is 4.79 Å². The first-order chi connectivity index (χ1) is 12.0. The molecule has 0 heterocycles. The minimum atomic E-state index is -1.89. The van der Waals surface area contributed by atoms with Crippen molar-refractivity contribution in [3.63, 3.8) is 0 Å². The lowest BCUT2D eigenvalue weighted by atomic mass is 9.98. The van der Waals surface area contributed by atoms with Gasteiger partial charge in [0.15, 0.2) is 0 Å². The van der Waals surface area contributed by atoms with Gasteiger partial charge in [-0.1, -0.05) is 50.6 Å².